The van der Waals surface area contributed by atoms with Crippen molar-refractivity contribution in [3.8, 4) is 11.5 Å². The molecule has 0 aliphatic carbocycles. The Hall–Kier alpha value is -1.52. The lowest BCUT2D eigenvalue weighted by Crippen LogP contribution is -2.20. The topological polar surface area (TPSA) is 30.5 Å². The summed E-state index contributed by atoms with van der Waals surface area (Å²) in [4.78, 5) is 2.71. The maximum absolute atomic E-state index is 5.69. The van der Waals surface area contributed by atoms with Gasteiger partial charge in [0.05, 0.1) is 7.11 Å². The Morgan fingerprint density at radius 1 is 1.11 bits per heavy atom. The minimum Gasteiger partial charge on any atom is -0.493 e. The highest BCUT2D eigenvalue weighted by Gasteiger charge is 2.01. The summed E-state index contributed by atoms with van der Waals surface area (Å²) >= 11 is 1.82. The number of para-hydroxylation sites is 2. The molecule has 0 amide bonds. The second-order valence-corrected chi connectivity index (χ2v) is 5.56. The molecule has 0 saturated carbocycles. The smallest absolute Gasteiger partial charge is 0.161 e. The van der Waals surface area contributed by atoms with Crippen molar-refractivity contribution in [1.29, 1.82) is 0 Å². The molecule has 0 bridgehead atoms. The van der Waals surface area contributed by atoms with Gasteiger partial charge in [0.25, 0.3) is 0 Å². The molecule has 0 saturated heterocycles. The minimum atomic E-state index is 0.630. The molecule has 0 aliphatic rings. The summed E-state index contributed by atoms with van der Waals surface area (Å²) in [5, 5.41) is 3.37. The Bertz CT molecular complexity index is 510. The second kappa shape index (κ2) is 7.16. The van der Waals surface area contributed by atoms with Crippen LogP contribution < -0.4 is 14.8 Å². The Balaban J connectivity index is 1.69. The summed E-state index contributed by atoms with van der Waals surface area (Å²) < 4.78 is 10.9. The summed E-state index contributed by atoms with van der Waals surface area (Å²) in [5.74, 6) is 1.56. The molecule has 2 aromatic rings. The fourth-order valence-electron chi connectivity index (χ4n) is 1.76. The van der Waals surface area contributed by atoms with Gasteiger partial charge in [0.2, 0.25) is 0 Å². The molecule has 1 aromatic carbocycles. The fourth-order valence-corrected chi connectivity index (χ4v) is 2.62. The van der Waals surface area contributed by atoms with E-state index in [4.69, 9.17) is 9.47 Å². The molecular formula is C15H19NO2S. The molecule has 0 fully saturated rings. The SMILES string of the molecule is COc1ccccc1OCCNCc1ccc(C)s1. The average molecular weight is 277 g/mol. The van der Waals surface area contributed by atoms with E-state index < -0.39 is 0 Å². The molecule has 0 unspecified atom stereocenters. The highest BCUT2D eigenvalue weighted by Crippen LogP contribution is 2.25. The van der Waals surface area contributed by atoms with Crippen LogP contribution in [0.25, 0.3) is 0 Å². The first-order valence-electron chi connectivity index (χ1n) is 6.31. The van der Waals surface area contributed by atoms with E-state index in [1.807, 2.05) is 35.6 Å². The third-order valence-electron chi connectivity index (χ3n) is 2.70. The molecule has 102 valence electrons. The number of hydrogen-bond donors (Lipinski definition) is 1. The van der Waals surface area contributed by atoms with Gasteiger partial charge in [-0.1, -0.05) is 12.1 Å². The number of methoxy groups -OCH3 is 1. The van der Waals surface area contributed by atoms with Crippen LogP contribution in [0.3, 0.4) is 0 Å². The molecule has 1 aromatic heterocycles. The van der Waals surface area contributed by atoms with E-state index in [0.29, 0.717) is 6.61 Å². The van der Waals surface area contributed by atoms with Crippen LogP contribution in [-0.2, 0) is 6.54 Å². The fraction of sp³-hybridized carbons (Fsp3) is 0.333. The average Bonchev–Trinajstić information content (AvgIpc) is 2.84. The van der Waals surface area contributed by atoms with E-state index >= 15 is 0 Å². The molecular weight excluding hydrogens is 258 g/mol. The number of rotatable bonds is 7. The van der Waals surface area contributed by atoms with Gasteiger partial charge >= 0.3 is 0 Å². The van der Waals surface area contributed by atoms with E-state index in [0.717, 1.165) is 24.6 Å². The number of hydrogen-bond acceptors (Lipinski definition) is 4. The van der Waals surface area contributed by atoms with Crippen LogP contribution in [0, 0.1) is 6.92 Å². The highest BCUT2D eigenvalue weighted by molar-refractivity contribution is 7.11. The zero-order valence-corrected chi connectivity index (χ0v) is 12.1. The van der Waals surface area contributed by atoms with Crippen molar-refractivity contribution in [2.24, 2.45) is 0 Å². The maximum atomic E-state index is 5.69. The van der Waals surface area contributed by atoms with Gasteiger partial charge in [0, 0.05) is 22.8 Å². The van der Waals surface area contributed by atoms with Gasteiger partial charge in [0.1, 0.15) is 6.61 Å². The van der Waals surface area contributed by atoms with E-state index in [-0.39, 0.29) is 0 Å². The summed E-state index contributed by atoms with van der Waals surface area (Å²) in [6.07, 6.45) is 0. The van der Waals surface area contributed by atoms with Crippen LogP contribution >= 0.6 is 11.3 Å². The third-order valence-corrected chi connectivity index (χ3v) is 3.70. The van der Waals surface area contributed by atoms with Crippen molar-refractivity contribution in [3.63, 3.8) is 0 Å². The third kappa shape index (κ3) is 4.26. The molecule has 1 heterocycles. The Kier molecular flexibility index (Phi) is 5.24. The normalized spacial score (nSPS) is 10.4. The number of thiophene rings is 1. The number of aryl methyl sites for hydroxylation is 1. The van der Waals surface area contributed by atoms with Gasteiger partial charge < -0.3 is 14.8 Å². The van der Waals surface area contributed by atoms with Gasteiger partial charge in [-0.05, 0) is 31.2 Å². The van der Waals surface area contributed by atoms with Crippen LogP contribution in [0.2, 0.25) is 0 Å². The minimum absolute atomic E-state index is 0.630. The molecule has 4 heteroatoms. The van der Waals surface area contributed by atoms with Crippen LogP contribution in [0.1, 0.15) is 9.75 Å². The Morgan fingerprint density at radius 2 is 1.89 bits per heavy atom. The largest absolute Gasteiger partial charge is 0.493 e. The lowest BCUT2D eigenvalue weighted by atomic mass is 10.3. The van der Waals surface area contributed by atoms with Crippen molar-refractivity contribution in [1.82, 2.24) is 5.32 Å². The predicted molar refractivity (Wildman–Crippen MR) is 79.3 cm³/mol. The number of nitrogens with one attached hydrogen (secondary N) is 1. The molecule has 0 aliphatic heterocycles. The highest BCUT2D eigenvalue weighted by atomic mass is 32.1. The van der Waals surface area contributed by atoms with Gasteiger partial charge in [0.15, 0.2) is 11.5 Å². The first-order valence-corrected chi connectivity index (χ1v) is 7.13. The molecule has 0 spiro atoms. The van der Waals surface area contributed by atoms with Crippen molar-refractivity contribution in [2.45, 2.75) is 13.5 Å². The van der Waals surface area contributed by atoms with E-state index in [1.54, 1.807) is 7.11 Å². The van der Waals surface area contributed by atoms with Crippen LogP contribution in [0.15, 0.2) is 36.4 Å². The zero-order chi connectivity index (χ0) is 13.5. The second-order valence-electron chi connectivity index (χ2n) is 4.19. The zero-order valence-electron chi connectivity index (χ0n) is 11.3. The van der Waals surface area contributed by atoms with E-state index in [9.17, 15) is 0 Å². The summed E-state index contributed by atoms with van der Waals surface area (Å²) in [6.45, 7) is 4.46. The number of benzene rings is 1. The van der Waals surface area contributed by atoms with Gasteiger partial charge in [-0.15, -0.1) is 11.3 Å². The van der Waals surface area contributed by atoms with Crippen LogP contribution in [0.5, 0.6) is 11.5 Å². The molecule has 1 N–H and O–H groups in total. The molecule has 2 rings (SSSR count). The lowest BCUT2D eigenvalue weighted by molar-refractivity contribution is 0.292. The summed E-state index contributed by atoms with van der Waals surface area (Å²) in [5.41, 5.74) is 0. The first-order chi connectivity index (χ1) is 9.29. The van der Waals surface area contributed by atoms with Crippen molar-refractivity contribution >= 4 is 11.3 Å². The van der Waals surface area contributed by atoms with Gasteiger partial charge in [-0.25, -0.2) is 0 Å². The number of ether oxygens (including phenoxy) is 2. The van der Waals surface area contributed by atoms with Gasteiger partial charge in [-0.2, -0.15) is 0 Å². The summed E-state index contributed by atoms with van der Waals surface area (Å²) in [6, 6.07) is 12.0. The van der Waals surface area contributed by atoms with Gasteiger partial charge in [-0.3, -0.25) is 0 Å². The van der Waals surface area contributed by atoms with Crippen LogP contribution in [-0.4, -0.2) is 20.3 Å². The molecule has 0 radical (unpaired) electrons. The Labute approximate surface area is 118 Å². The maximum Gasteiger partial charge on any atom is 0.161 e. The Morgan fingerprint density at radius 3 is 2.58 bits per heavy atom. The molecule has 3 nitrogen and oxygen atoms in total. The first kappa shape index (κ1) is 13.9. The quantitative estimate of drug-likeness (QED) is 0.788. The van der Waals surface area contributed by atoms with Crippen molar-refractivity contribution < 1.29 is 9.47 Å². The van der Waals surface area contributed by atoms with Crippen molar-refractivity contribution in [2.75, 3.05) is 20.3 Å². The lowest BCUT2D eigenvalue weighted by Gasteiger charge is -2.10. The summed E-state index contributed by atoms with van der Waals surface area (Å²) in [7, 11) is 1.65. The molecule has 19 heavy (non-hydrogen) atoms. The van der Waals surface area contributed by atoms with Crippen LogP contribution in [0.4, 0.5) is 0 Å². The van der Waals surface area contributed by atoms with E-state index in [1.165, 1.54) is 9.75 Å². The predicted octanol–water partition coefficient (Wildman–Crippen LogP) is 3.23. The monoisotopic (exact) mass is 277 g/mol. The van der Waals surface area contributed by atoms with Crippen molar-refractivity contribution in [3.05, 3.63) is 46.2 Å². The van der Waals surface area contributed by atoms with E-state index in [2.05, 4.69) is 24.4 Å². The standard InChI is InChI=1S/C15H19NO2S/c1-12-7-8-13(19-12)11-16-9-10-18-15-6-4-3-5-14(15)17-2/h3-8,16H,9-11H2,1-2H3. The molecule has 0 atom stereocenters.